The molecule has 7 nitrogen and oxygen atoms in total. The van der Waals surface area contributed by atoms with Crippen LogP contribution in [0.2, 0.25) is 0 Å². The van der Waals surface area contributed by atoms with Gasteiger partial charge in [-0.2, -0.15) is 0 Å². The quantitative estimate of drug-likeness (QED) is 0.775. The highest BCUT2D eigenvalue weighted by molar-refractivity contribution is 9.10. The molecule has 0 atom stereocenters. The van der Waals surface area contributed by atoms with Gasteiger partial charge in [0.25, 0.3) is 11.8 Å². The summed E-state index contributed by atoms with van der Waals surface area (Å²) in [5.41, 5.74) is 0.465. The third-order valence-electron chi connectivity index (χ3n) is 3.48. The van der Waals surface area contributed by atoms with E-state index in [9.17, 15) is 19.2 Å². The third-order valence-corrected chi connectivity index (χ3v) is 3.97. The van der Waals surface area contributed by atoms with Crippen molar-refractivity contribution in [2.75, 3.05) is 13.1 Å². The van der Waals surface area contributed by atoms with Crippen LogP contribution in [0.15, 0.2) is 22.7 Å². The van der Waals surface area contributed by atoms with E-state index in [2.05, 4.69) is 15.9 Å². The summed E-state index contributed by atoms with van der Waals surface area (Å²) in [6.07, 6.45) is 0. The SMILES string of the molecule is CC(C)N(CC(=O)O)C(=O)CN1C(=O)c2ccc(Br)cc2C1=O. The molecule has 0 spiro atoms. The fourth-order valence-corrected chi connectivity index (χ4v) is 2.70. The van der Waals surface area contributed by atoms with Gasteiger partial charge in [0.05, 0.1) is 11.1 Å². The monoisotopic (exact) mass is 382 g/mol. The summed E-state index contributed by atoms with van der Waals surface area (Å²) in [5, 5.41) is 8.87. The normalized spacial score (nSPS) is 13.5. The van der Waals surface area contributed by atoms with Crippen LogP contribution in [-0.4, -0.2) is 57.7 Å². The Bertz CT molecular complexity index is 701. The summed E-state index contributed by atoms with van der Waals surface area (Å²) in [7, 11) is 0. The van der Waals surface area contributed by atoms with Crippen LogP contribution in [0.25, 0.3) is 0 Å². The number of amides is 3. The van der Waals surface area contributed by atoms with Crippen LogP contribution in [0.1, 0.15) is 34.6 Å². The molecule has 0 aromatic heterocycles. The minimum atomic E-state index is -1.15. The van der Waals surface area contributed by atoms with Gasteiger partial charge in [0.2, 0.25) is 5.91 Å². The maximum absolute atomic E-state index is 12.3. The van der Waals surface area contributed by atoms with Crippen LogP contribution in [-0.2, 0) is 9.59 Å². The van der Waals surface area contributed by atoms with E-state index in [0.29, 0.717) is 4.47 Å². The Balaban J connectivity index is 2.21. The topological polar surface area (TPSA) is 95.0 Å². The highest BCUT2D eigenvalue weighted by atomic mass is 79.9. The van der Waals surface area contributed by atoms with Gasteiger partial charge in [0.15, 0.2) is 0 Å². The molecule has 0 saturated heterocycles. The molecular formula is C15H15BrN2O5. The number of aliphatic carboxylic acids is 1. The maximum atomic E-state index is 12.3. The highest BCUT2D eigenvalue weighted by Gasteiger charge is 2.37. The summed E-state index contributed by atoms with van der Waals surface area (Å²) in [6.45, 7) is 2.38. The molecule has 1 aliphatic heterocycles. The molecule has 0 aliphatic carbocycles. The Kier molecular flexibility index (Phi) is 4.84. The van der Waals surface area contributed by atoms with Gasteiger partial charge in [-0.15, -0.1) is 0 Å². The Morgan fingerprint density at radius 1 is 1.22 bits per heavy atom. The summed E-state index contributed by atoms with van der Waals surface area (Å²) >= 11 is 3.23. The van der Waals surface area contributed by atoms with E-state index in [1.165, 1.54) is 12.1 Å². The van der Waals surface area contributed by atoms with Gasteiger partial charge in [-0.25, -0.2) is 0 Å². The van der Waals surface area contributed by atoms with Gasteiger partial charge in [0, 0.05) is 10.5 Å². The van der Waals surface area contributed by atoms with Crippen LogP contribution >= 0.6 is 15.9 Å². The lowest BCUT2D eigenvalue weighted by atomic mass is 10.1. The number of benzene rings is 1. The molecule has 2 rings (SSSR count). The molecule has 0 radical (unpaired) electrons. The van der Waals surface area contributed by atoms with Crippen molar-refractivity contribution >= 4 is 39.6 Å². The number of fused-ring (bicyclic) bond motifs is 1. The van der Waals surface area contributed by atoms with Gasteiger partial charge >= 0.3 is 5.97 Å². The number of imide groups is 1. The average Bonchev–Trinajstić information content (AvgIpc) is 2.69. The van der Waals surface area contributed by atoms with Crippen molar-refractivity contribution < 1.29 is 24.3 Å². The molecule has 1 N–H and O–H groups in total. The van der Waals surface area contributed by atoms with Gasteiger partial charge < -0.3 is 10.0 Å². The second kappa shape index (κ2) is 6.49. The van der Waals surface area contributed by atoms with Crippen molar-refractivity contribution in [2.45, 2.75) is 19.9 Å². The first-order valence-electron chi connectivity index (χ1n) is 6.89. The van der Waals surface area contributed by atoms with Crippen LogP contribution in [0, 0.1) is 0 Å². The summed E-state index contributed by atoms with van der Waals surface area (Å²) in [6, 6.07) is 4.32. The number of halogens is 1. The number of nitrogens with zero attached hydrogens (tertiary/aromatic N) is 2. The van der Waals surface area contributed by atoms with E-state index in [-0.39, 0.29) is 17.2 Å². The largest absolute Gasteiger partial charge is 0.480 e. The number of hydrogen-bond acceptors (Lipinski definition) is 4. The molecule has 3 amide bonds. The van der Waals surface area contributed by atoms with Crippen LogP contribution in [0.4, 0.5) is 0 Å². The lowest BCUT2D eigenvalue weighted by Crippen LogP contribution is -2.47. The minimum absolute atomic E-state index is 0.228. The Morgan fingerprint density at radius 2 is 1.83 bits per heavy atom. The zero-order valence-corrected chi connectivity index (χ0v) is 14.2. The lowest BCUT2D eigenvalue weighted by Gasteiger charge is -2.26. The first-order valence-corrected chi connectivity index (χ1v) is 7.68. The lowest BCUT2D eigenvalue weighted by molar-refractivity contribution is -0.145. The summed E-state index contributed by atoms with van der Waals surface area (Å²) in [4.78, 5) is 49.7. The molecule has 122 valence electrons. The van der Waals surface area contributed by atoms with Crippen LogP contribution < -0.4 is 0 Å². The smallest absolute Gasteiger partial charge is 0.323 e. The van der Waals surface area contributed by atoms with E-state index in [0.717, 1.165) is 9.80 Å². The highest BCUT2D eigenvalue weighted by Crippen LogP contribution is 2.26. The second-order valence-corrected chi connectivity index (χ2v) is 6.31. The van der Waals surface area contributed by atoms with Gasteiger partial charge in [0.1, 0.15) is 13.1 Å². The number of carbonyl (C=O) groups is 4. The van der Waals surface area contributed by atoms with Crippen molar-refractivity contribution in [2.24, 2.45) is 0 Å². The van der Waals surface area contributed by atoms with Gasteiger partial charge in [-0.3, -0.25) is 24.1 Å². The van der Waals surface area contributed by atoms with Crippen molar-refractivity contribution in [3.63, 3.8) is 0 Å². The Morgan fingerprint density at radius 3 is 2.39 bits per heavy atom. The molecule has 1 aliphatic rings. The van der Waals surface area contributed by atoms with Crippen LogP contribution in [0.3, 0.4) is 0 Å². The molecule has 1 heterocycles. The number of rotatable bonds is 5. The molecule has 1 aromatic rings. The van der Waals surface area contributed by atoms with E-state index >= 15 is 0 Å². The predicted octanol–water partition coefficient (Wildman–Crippen LogP) is 1.37. The van der Waals surface area contributed by atoms with Crippen molar-refractivity contribution in [3.05, 3.63) is 33.8 Å². The van der Waals surface area contributed by atoms with Crippen molar-refractivity contribution in [3.8, 4) is 0 Å². The first-order chi connectivity index (χ1) is 10.7. The zero-order chi connectivity index (χ0) is 17.3. The molecule has 1 aromatic carbocycles. The molecule has 0 unspecified atom stereocenters. The van der Waals surface area contributed by atoms with Gasteiger partial charge in [-0.05, 0) is 32.0 Å². The Hall–Kier alpha value is -2.22. The molecule has 23 heavy (non-hydrogen) atoms. The fraction of sp³-hybridized carbons (Fsp3) is 0.333. The summed E-state index contributed by atoms with van der Waals surface area (Å²) in [5.74, 6) is -2.85. The fourth-order valence-electron chi connectivity index (χ4n) is 2.34. The standard InChI is InChI=1S/C15H15BrN2O5/c1-8(2)17(7-13(20)21)12(19)6-18-14(22)10-4-3-9(16)5-11(10)15(18)23/h3-5,8H,6-7H2,1-2H3,(H,20,21). The number of hydrogen-bond donors (Lipinski definition) is 1. The molecule has 0 fully saturated rings. The molecular weight excluding hydrogens is 368 g/mol. The first kappa shape index (κ1) is 17.1. The molecule has 0 bridgehead atoms. The zero-order valence-electron chi connectivity index (χ0n) is 12.6. The maximum Gasteiger partial charge on any atom is 0.323 e. The molecule has 0 saturated carbocycles. The number of carboxylic acid groups (broad SMARTS) is 1. The van der Waals surface area contributed by atoms with Crippen LogP contribution in [0.5, 0.6) is 0 Å². The van der Waals surface area contributed by atoms with Crippen molar-refractivity contribution in [1.29, 1.82) is 0 Å². The van der Waals surface area contributed by atoms with E-state index in [1.807, 2.05) is 0 Å². The second-order valence-electron chi connectivity index (χ2n) is 5.40. The van der Waals surface area contributed by atoms with E-state index in [4.69, 9.17) is 5.11 Å². The van der Waals surface area contributed by atoms with E-state index < -0.39 is 36.8 Å². The third kappa shape index (κ3) is 3.42. The Labute approximate surface area is 141 Å². The van der Waals surface area contributed by atoms with Crippen molar-refractivity contribution in [1.82, 2.24) is 9.80 Å². The average molecular weight is 383 g/mol. The van der Waals surface area contributed by atoms with Gasteiger partial charge in [-0.1, -0.05) is 15.9 Å². The predicted molar refractivity (Wildman–Crippen MR) is 84.0 cm³/mol. The molecule has 8 heteroatoms. The van der Waals surface area contributed by atoms with E-state index in [1.54, 1.807) is 19.9 Å². The number of carbonyl (C=O) groups excluding carboxylic acids is 3. The number of carboxylic acids is 1. The summed E-state index contributed by atoms with van der Waals surface area (Å²) < 4.78 is 0.653. The minimum Gasteiger partial charge on any atom is -0.480 e.